The van der Waals surface area contributed by atoms with Gasteiger partial charge in [0.15, 0.2) is 0 Å². The van der Waals surface area contributed by atoms with E-state index in [-0.39, 0.29) is 39.0 Å². The van der Waals surface area contributed by atoms with Gasteiger partial charge in [0.2, 0.25) is 11.8 Å². The molecule has 1 aliphatic carbocycles. The van der Waals surface area contributed by atoms with Crippen LogP contribution in [0.25, 0.3) is 0 Å². The van der Waals surface area contributed by atoms with Crippen molar-refractivity contribution >= 4 is 49.5 Å². The number of fused-ring (bicyclic) bond motifs is 1. The largest absolute Gasteiger partial charge is 0.465 e. The lowest BCUT2D eigenvalue weighted by molar-refractivity contribution is -0.159. The van der Waals surface area contributed by atoms with Gasteiger partial charge in [0.25, 0.3) is 5.91 Å². The van der Waals surface area contributed by atoms with E-state index in [0.717, 1.165) is 54.6 Å². The van der Waals surface area contributed by atoms with Crippen LogP contribution in [0.4, 0.5) is 18.0 Å². The minimum atomic E-state index is -4.55. The summed E-state index contributed by atoms with van der Waals surface area (Å²) in [5.74, 6) is -1.66. The van der Waals surface area contributed by atoms with Crippen molar-refractivity contribution in [3.63, 3.8) is 0 Å². The van der Waals surface area contributed by atoms with Crippen LogP contribution in [0.5, 0.6) is 0 Å². The van der Waals surface area contributed by atoms with Gasteiger partial charge in [-0.05, 0) is 68.1 Å². The van der Waals surface area contributed by atoms with E-state index in [1.807, 2.05) is 18.2 Å². The topological polar surface area (TPSA) is 144 Å². The summed E-state index contributed by atoms with van der Waals surface area (Å²) in [5.41, 5.74) is 5.71. The summed E-state index contributed by atoms with van der Waals surface area (Å²) in [6, 6.07) is 2.06. The van der Waals surface area contributed by atoms with Gasteiger partial charge in [0, 0.05) is 26.7 Å². The lowest BCUT2D eigenvalue weighted by Crippen LogP contribution is -2.55. The van der Waals surface area contributed by atoms with Crippen molar-refractivity contribution < 1.29 is 41.6 Å². The molecule has 280 valence electrons. The number of carbonyl (C=O) groups excluding carboxylic acids is 3. The number of hydrogen-bond acceptors (Lipinski definition) is 8. The Labute approximate surface area is 302 Å². The van der Waals surface area contributed by atoms with Gasteiger partial charge >= 0.3 is 12.3 Å². The Morgan fingerprint density at radius 2 is 1.88 bits per heavy atom. The number of hydrogen-bond donors (Lipinski definition) is 4. The average molecular weight is 747 g/mol. The van der Waals surface area contributed by atoms with Crippen molar-refractivity contribution in [3.05, 3.63) is 47.5 Å². The first-order valence-electron chi connectivity index (χ1n) is 16.8. The SMILES string of the molecule is C=CCC(NC(=O)C1CCCN1C(=O)CNC(CCCCCCc1cccc2c1CN(C(=O)O)C2)C(F)(F)F)C(=O)NN(C)SOC1CC1.S. The third kappa shape index (κ3) is 12.4. The number of carboxylic acid groups (broad SMARTS) is 1. The molecule has 1 aromatic rings. The van der Waals surface area contributed by atoms with Crippen LogP contribution >= 0.6 is 25.7 Å². The van der Waals surface area contributed by atoms with Crippen molar-refractivity contribution in [2.24, 2.45) is 0 Å². The molecule has 3 atom stereocenters. The maximum absolute atomic E-state index is 13.9. The molecular formula is C33H49F3N6O6S2. The summed E-state index contributed by atoms with van der Waals surface area (Å²) < 4.78 is 48.5. The molecule has 2 aliphatic heterocycles. The Bertz CT molecular complexity index is 1340. The first-order valence-corrected chi connectivity index (χ1v) is 17.5. The third-order valence-electron chi connectivity index (χ3n) is 8.93. The molecule has 0 bridgehead atoms. The highest BCUT2D eigenvalue weighted by atomic mass is 32.2. The fraction of sp³-hybridized carbons (Fsp3) is 0.636. The second-order valence-corrected chi connectivity index (χ2v) is 13.7. The predicted molar refractivity (Wildman–Crippen MR) is 188 cm³/mol. The van der Waals surface area contributed by atoms with Crippen molar-refractivity contribution in [2.45, 2.75) is 114 Å². The molecule has 2 heterocycles. The number of likely N-dealkylation sites (tertiary alicyclic amines) is 1. The minimum Gasteiger partial charge on any atom is -0.465 e. The monoisotopic (exact) mass is 746 g/mol. The van der Waals surface area contributed by atoms with Crippen LogP contribution in [0.3, 0.4) is 0 Å². The van der Waals surface area contributed by atoms with Gasteiger partial charge in [-0.15, -0.1) is 11.0 Å². The van der Waals surface area contributed by atoms with Gasteiger partial charge in [0.05, 0.1) is 12.6 Å². The summed E-state index contributed by atoms with van der Waals surface area (Å²) in [5, 5.41) is 14.4. The van der Waals surface area contributed by atoms with E-state index < -0.39 is 54.7 Å². The zero-order valence-corrected chi connectivity index (χ0v) is 30.1. The number of halogens is 3. The van der Waals surface area contributed by atoms with Crippen LogP contribution in [0, 0.1) is 0 Å². The Morgan fingerprint density at radius 3 is 2.56 bits per heavy atom. The maximum Gasteiger partial charge on any atom is 0.407 e. The number of rotatable bonds is 19. The highest BCUT2D eigenvalue weighted by Crippen LogP contribution is 2.29. The lowest BCUT2D eigenvalue weighted by Gasteiger charge is -2.28. The highest BCUT2D eigenvalue weighted by molar-refractivity contribution is 7.92. The molecule has 1 aromatic carbocycles. The van der Waals surface area contributed by atoms with Gasteiger partial charge in [-0.1, -0.05) is 43.5 Å². The van der Waals surface area contributed by atoms with Gasteiger partial charge in [-0.2, -0.15) is 26.7 Å². The third-order valence-corrected chi connectivity index (χ3v) is 9.60. The molecule has 4 rings (SSSR count). The molecule has 2 fully saturated rings. The molecule has 1 saturated heterocycles. The van der Waals surface area contributed by atoms with Gasteiger partial charge in [0.1, 0.15) is 30.4 Å². The molecule has 3 unspecified atom stereocenters. The number of nitrogens with one attached hydrogen (secondary N) is 3. The molecule has 0 radical (unpaired) electrons. The van der Waals surface area contributed by atoms with Gasteiger partial charge in [-0.3, -0.25) is 34.2 Å². The average Bonchev–Trinajstić information content (AvgIpc) is 3.54. The molecule has 4 amide bonds. The van der Waals surface area contributed by atoms with E-state index in [4.69, 9.17) is 4.18 Å². The summed E-state index contributed by atoms with van der Waals surface area (Å²) in [7, 11) is 1.60. The fourth-order valence-corrected chi connectivity index (χ4v) is 6.69. The van der Waals surface area contributed by atoms with Gasteiger partial charge < -0.3 is 15.3 Å². The summed E-state index contributed by atoms with van der Waals surface area (Å²) >= 11 is 0.987. The van der Waals surface area contributed by atoms with Crippen LogP contribution in [-0.2, 0) is 38.1 Å². The zero-order valence-electron chi connectivity index (χ0n) is 28.3. The first-order chi connectivity index (χ1) is 23.4. The number of alkyl halides is 3. The van der Waals surface area contributed by atoms with Crippen LogP contribution < -0.4 is 16.1 Å². The Morgan fingerprint density at radius 1 is 1.14 bits per heavy atom. The summed E-state index contributed by atoms with van der Waals surface area (Å²) in [6.45, 7) is 4.02. The number of benzene rings is 1. The van der Waals surface area contributed by atoms with E-state index in [9.17, 15) is 37.5 Å². The summed E-state index contributed by atoms with van der Waals surface area (Å²) in [4.78, 5) is 53.1. The molecule has 0 spiro atoms. The van der Waals surface area contributed by atoms with Crippen LogP contribution in [0.15, 0.2) is 30.9 Å². The Kier molecular flexibility index (Phi) is 16.2. The van der Waals surface area contributed by atoms with Crippen LogP contribution in [0.2, 0.25) is 0 Å². The lowest BCUT2D eigenvalue weighted by atomic mass is 9.98. The van der Waals surface area contributed by atoms with Crippen LogP contribution in [-0.4, -0.2) is 93.7 Å². The second kappa shape index (κ2) is 19.6. The number of hydrazine groups is 1. The Hall–Kier alpha value is -2.99. The Balaban J connectivity index is 0.00000676. The van der Waals surface area contributed by atoms with Crippen molar-refractivity contribution in [2.75, 3.05) is 20.1 Å². The second-order valence-electron chi connectivity index (χ2n) is 12.8. The molecule has 50 heavy (non-hydrogen) atoms. The highest BCUT2D eigenvalue weighted by Gasteiger charge is 2.41. The smallest absolute Gasteiger partial charge is 0.407 e. The number of amides is 4. The first kappa shape index (κ1) is 41.4. The van der Waals surface area contributed by atoms with E-state index in [1.54, 1.807) is 7.05 Å². The number of nitrogens with zero attached hydrogens (tertiary/aromatic N) is 3. The number of carbonyl (C=O) groups is 4. The summed E-state index contributed by atoms with van der Waals surface area (Å²) in [6.07, 6.45) is 1.94. The molecule has 3 aliphatic rings. The molecule has 0 aromatic heterocycles. The van der Waals surface area contributed by atoms with E-state index in [1.165, 1.54) is 20.3 Å². The van der Waals surface area contributed by atoms with E-state index in [0.29, 0.717) is 45.2 Å². The maximum atomic E-state index is 13.9. The quantitative estimate of drug-likeness (QED) is 0.0527. The van der Waals surface area contributed by atoms with Crippen molar-refractivity contribution in [3.8, 4) is 0 Å². The molecular weight excluding hydrogens is 698 g/mol. The molecule has 17 heteroatoms. The van der Waals surface area contributed by atoms with E-state index >= 15 is 0 Å². The van der Waals surface area contributed by atoms with Gasteiger partial charge in [-0.25, -0.2) is 4.79 Å². The number of unbranched alkanes of at least 4 members (excludes halogenated alkanes) is 3. The molecule has 1 saturated carbocycles. The van der Waals surface area contributed by atoms with Crippen molar-refractivity contribution in [1.29, 1.82) is 0 Å². The van der Waals surface area contributed by atoms with Crippen LogP contribution in [0.1, 0.15) is 80.9 Å². The van der Waals surface area contributed by atoms with Crippen molar-refractivity contribution in [1.82, 2.24) is 30.3 Å². The zero-order chi connectivity index (χ0) is 35.6. The predicted octanol–water partition coefficient (Wildman–Crippen LogP) is 4.56. The van der Waals surface area contributed by atoms with E-state index in [2.05, 4.69) is 22.6 Å². The normalized spacial score (nSPS) is 18.3. The number of aryl methyl sites for hydroxylation is 1. The fourth-order valence-electron chi connectivity index (χ4n) is 6.12. The molecule has 4 N–H and O–H groups in total. The minimum absolute atomic E-state index is 0. The standard InChI is InChI=1S/C33H47F3N6O6S.H2S/c1-3-10-26(30(44)39-40(2)49-48-24-16-17-24)38-31(45)27-14-9-18-42(27)29(43)19-37-28(33(34,35)36)15-7-5-4-6-11-22-12-8-13-23-20-41(32(46)47)21-25(22)23;/h3,8,12-13,24,26-28,37H,1,4-7,9-11,14-21H2,2H3,(H,38,45)(H,39,44)(H,46,47);1H2. The molecule has 12 nitrogen and oxygen atoms in total.